The van der Waals surface area contributed by atoms with Gasteiger partial charge >= 0.3 is 0 Å². The van der Waals surface area contributed by atoms with Gasteiger partial charge in [-0.1, -0.05) is 72.3 Å². The molecular formula is C27H33NO. The van der Waals surface area contributed by atoms with Gasteiger partial charge in [-0.3, -0.25) is 0 Å². The molecule has 29 heavy (non-hydrogen) atoms. The van der Waals surface area contributed by atoms with E-state index in [-0.39, 0.29) is 6.10 Å². The van der Waals surface area contributed by atoms with Crippen LogP contribution in [0.15, 0.2) is 78.9 Å². The van der Waals surface area contributed by atoms with Crippen molar-refractivity contribution < 1.29 is 4.74 Å². The fourth-order valence-corrected chi connectivity index (χ4v) is 3.68. The molecular weight excluding hydrogens is 354 g/mol. The zero-order valence-electron chi connectivity index (χ0n) is 18.1. The summed E-state index contributed by atoms with van der Waals surface area (Å²) in [7, 11) is 0. The maximum atomic E-state index is 5.82. The lowest BCUT2D eigenvalue weighted by atomic mass is 9.88. The Balaban J connectivity index is 1.72. The zero-order valence-corrected chi connectivity index (χ0v) is 18.1. The lowest BCUT2D eigenvalue weighted by molar-refractivity contribution is 0.242. The first-order valence-corrected chi connectivity index (χ1v) is 10.6. The fraction of sp³-hybridized carbons (Fsp3) is 0.333. The minimum atomic E-state index is 0.192. The Kier molecular flexibility index (Phi) is 7.48. The predicted molar refractivity (Wildman–Crippen MR) is 123 cm³/mol. The van der Waals surface area contributed by atoms with Gasteiger partial charge in [-0.2, -0.15) is 0 Å². The van der Waals surface area contributed by atoms with Gasteiger partial charge in [0.25, 0.3) is 0 Å². The quantitative estimate of drug-likeness (QED) is 0.443. The summed E-state index contributed by atoms with van der Waals surface area (Å²) in [5, 5.41) is 3.69. The Morgan fingerprint density at radius 3 is 1.90 bits per heavy atom. The molecule has 0 amide bonds. The second kappa shape index (κ2) is 10.3. The van der Waals surface area contributed by atoms with Gasteiger partial charge in [-0.05, 0) is 69.5 Å². The summed E-state index contributed by atoms with van der Waals surface area (Å²) in [6.07, 6.45) is 1.24. The number of nitrogens with one attached hydrogen (secondary N) is 1. The Bertz CT molecular complexity index is 853. The number of hydrogen-bond donors (Lipinski definition) is 1. The first kappa shape index (κ1) is 21.1. The second-order valence-corrected chi connectivity index (χ2v) is 8.07. The molecule has 3 rings (SSSR count). The summed E-state index contributed by atoms with van der Waals surface area (Å²) >= 11 is 0. The molecule has 152 valence electrons. The van der Waals surface area contributed by atoms with E-state index in [1.165, 1.54) is 22.3 Å². The molecule has 0 spiro atoms. The summed E-state index contributed by atoms with van der Waals surface area (Å²) in [4.78, 5) is 0. The van der Waals surface area contributed by atoms with Gasteiger partial charge in [0.1, 0.15) is 5.75 Å². The second-order valence-electron chi connectivity index (χ2n) is 8.07. The van der Waals surface area contributed by atoms with Gasteiger partial charge in [0.15, 0.2) is 0 Å². The molecule has 1 N–H and O–H groups in total. The minimum Gasteiger partial charge on any atom is -0.491 e. The molecule has 0 heterocycles. The molecule has 0 aliphatic heterocycles. The molecule has 2 nitrogen and oxygen atoms in total. The molecule has 0 radical (unpaired) electrons. The van der Waals surface area contributed by atoms with Crippen molar-refractivity contribution >= 4 is 0 Å². The first-order valence-electron chi connectivity index (χ1n) is 10.6. The predicted octanol–water partition coefficient (Wildman–Crippen LogP) is 6.66. The number of benzene rings is 3. The standard InChI is InChI=1S/C27H33NO/c1-20(2)29-26-16-14-25(15-17-26)27(24-12-10-21(3)11-13-24)18-19-28-22(4)23-8-6-5-7-9-23/h5-17,20,22,27-28H,18-19H2,1-4H3/t22-,27-/m0/s1. The number of rotatable bonds is 9. The summed E-state index contributed by atoms with van der Waals surface area (Å²) < 4.78 is 5.82. The molecule has 0 saturated carbocycles. The van der Waals surface area contributed by atoms with Crippen LogP contribution in [0.4, 0.5) is 0 Å². The third kappa shape index (κ3) is 6.20. The smallest absolute Gasteiger partial charge is 0.119 e. The lowest BCUT2D eigenvalue weighted by Gasteiger charge is -2.21. The Morgan fingerprint density at radius 2 is 1.31 bits per heavy atom. The SMILES string of the molecule is Cc1ccc([C@H](CCN[C@@H](C)c2ccccc2)c2ccc(OC(C)C)cc2)cc1. The summed E-state index contributed by atoms with van der Waals surface area (Å²) in [6, 6.07) is 28.5. The van der Waals surface area contributed by atoms with Gasteiger partial charge in [0, 0.05) is 12.0 Å². The van der Waals surface area contributed by atoms with Crippen molar-refractivity contribution in [3.63, 3.8) is 0 Å². The van der Waals surface area contributed by atoms with E-state index in [0.29, 0.717) is 12.0 Å². The van der Waals surface area contributed by atoms with Crippen molar-refractivity contribution in [1.29, 1.82) is 0 Å². The third-order valence-electron chi connectivity index (χ3n) is 5.32. The maximum absolute atomic E-state index is 5.82. The van der Waals surface area contributed by atoms with Gasteiger partial charge in [0.2, 0.25) is 0 Å². The van der Waals surface area contributed by atoms with Gasteiger partial charge in [-0.15, -0.1) is 0 Å². The van der Waals surface area contributed by atoms with E-state index in [1.54, 1.807) is 0 Å². The van der Waals surface area contributed by atoms with E-state index in [4.69, 9.17) is 4.74 Å². The van der Waals surface area contributed by atoms with E-state index in [2.05, 4.69) is 112 Å². The molecule has 0 fully saturated rings. The fourth-order valence-electron chi connectivity index (χ4n) is 3.68. The topological polar surface area (TPSA) is 21.3 Å². The molecule has 0 aliphatic carbocycles. The zero-order chi connectivity index (χ0) is 20.6. The van der Waals surface area contributed by atoms with Crippen molar-refractivity contribution in [1.82, 2.24) is 5.32 Å². The van der Waals surface area contributed by atoms with E-state index < -0.39 is 0 Å². The average molecular weight is 388 g/mol. The third-order valence-corrected chi connectivity index (χ3v) is 5.32. The van der Waals surface area contributed by atoms with Gasteiger partial charge in [0.05, 0.1) is 6.10 Å². The monoisotopic (exact) mass is 387 g/mol. The maximum Gasteiger partial charge on any atom is 0.119 e. The number of aryl methyl sites for hydroxylation is 1. The summed E-state index contributed by atoms with van der Waals surface area (Å²) in [6.45, 7) is 9.44. The van der Waals surface area contributed by atoms with Crippen molar-refractivity contribution in [3.8, 4) is 5.75 Å². The van der Waals surface area contributed by atoms with Crippen molar-refractivity contribution in [3.05, 3.63) is 101 Å². The van der Waals surface area contributed by atoms with Gasteiger partial charge < -0.3 is 10.1 Å². The van der Waals surface area contributed by atoms with E-state index in [1.807, 2.05) is 0 Å². The Labute approximate surface area is 175 Å². The molecule has 0 unspecified atom stereocenters. The van der Waals surface area contributed by atoms with Crippen LogP contribution in [-0.4, -0.2) is 12.6 Å². The number of hydrogen-bond acceptors (Lipinski definition) is 2. The van der Waals surface area contributed by atoms with Gasteiger partial charge in [-0.25, -0.2) is 0 Å². The largest absolute Gasteiger partial charge is 0.491 e. The molecule has 2 atom stereocenters. The van der Waals surface area contributed by atoms with Crippen LogP contribution in [-0.2, 0) is 0 Å². The van der Waals surface area contributed by atoms with Crippen molar-refractivity contribution in [2.24, 2.45) is 0 Å². The molecule has 3 aromatic carbocycles. The number of ether oxygens (including phenoxy) is 1. The van der Waals surface area contributed by atoms with E-state index in [0.717, 1.165) is 18.7 Å². The highest BCUT2D eigenvalue weighted by Gasteiger charge is 2.15. The van der Waals surface area contributed by atoms with Crippen LogP contribution < -0.4 is 10.1 Å². The van der Waals surface area contributed by atoms with Crippen LogP contribution in [0.3, 0.4) is 0 Å². The molecule has 2 heteroatoms. The van der Waals surface area contributed by atoms with Crippen LogP contribution in [0.5, 0.6) is 5.75 Å². The molecule has 0 saturated heterocycles. The molecule has 0 aromatic heterocycles. The molecule has 0 bridgehead atoms. The average Bonchev–Trinajstić information content (AvgIpc) is 2.73. The molecule has 0 aliphatic rings. The van der Waals surface area contributed by atoms with Crippen molar-refractivity contribution in [2.45, 2.75) is 52.2 Å². The van der Waals surface area contributed by atoms with Crippen LogP contribution in [0.1, 0.15) is 61.4 Å². The lowest BCUT2D eigenvalue weighted by Crippen LogP contribution is -2.21. The highest BCUT2D eigenvalue weighted by Crippen LogP contribution is 2.30. The molecule has 3 aromatic rings. The van der Waals surface area contributed by atoms with Crippen LogP contribution in [0.2, 0.25) is 0 Å². The normalized spacial score (nSPS) is 13.3. The highest BCUT2D eigenvalue weighted by molar-refractivity contribution is 5.37. The van der Waals surface area contributed by atoms with Crippen LogP contribution in [0, 0.1) is 6.92 Å². The van der Waals surface area contributed by atoms with E-state index >= 15 is 0 Å². The summed E-state index contributed by atoms with van der Waals surface area (Å²) in [5.74, 6) is 1.29. The van der Waals surface area contributed by atoms with Crippen LogP contribution in [0.25, 0.3) is 0 Å². The van der Waals surface area contributed by atoms with Crippen LogP contribution >= 0.6 is 0 Å². The first-order chi connectivity index (χ1) is 14.0. The Hall–Kier alpha value is -2.58. The Morgan fingerprint density at radius 1 is 0.724 bits per heavy atom. The highest BCUT2D eigenvalue weighted by atomic mass is 16.5. The summed E-state index contributed by atoms with van der Waals surface area (Å²) in [5.41, 5.74) is 5.32. The van der Waals surface area contributed by atoms with E-state index in [9.17, 15) is 0 Å². The van der Waals surface area contributed by atoms with Crippen molar-refractivity contribution in [2.75, 3.05) is 6.54 Å². The minimum absolute atomic E-state index is 0.192.